The second-order valence-electron chi connectivity index (χ2n) is 8.20. The molecule has 1 heterocycles. The Hall–Kier alpha value is -0.930. The predicted octanol–water partition coefficient (Wildman–Crippen LogP) is 3.79. The molecular weight excluding hydrogens is 482 g/mol. The minimum Gasteiger partial charge on any atom is -0.392 e. The Morgan fingerprint density at radius 2 is 1.79 bits per heavy atom. The Balaban J connectivity index is 0.00000300. The highest BCUT2D eigenvalue weighted by atomic mass is 127. The maximum atomic E-state index is 13.6. The average molecular weight is 518 g/mol. The number of guanidine groups is 1. The van der Waals surface area contributed by atoms with Gasteiger partial charge in [0.25, 0.3) is 0 Å². The Morgan fingerprint density at radius 1 is 1.10 bits per heavy atom. The predicted molar refractivity (Wildman–Crippen MR) is 127 cm³/mol. The molecule has 1 aliphatic carbocycles. The molecule has 3 N–H and O–H groups in total. The fraction of sp³-hybridized carbons (Fsp3) is 0.682. The minimum atomic E-state index is -0.366. The van der Waals surface area contributed by atoms with E-state index in [0.29, 0.717) is 12.1 Å². The van der Waals surface area contributed by atoms with Gasteiger partial charge in [0.05, 0.1) is 6.61 Å². The Kier molecular flexibility index (Phi) is 10.1. The third-order valence-corrected chi connectivity index (χ3v) is 6.36. The van der Waals surface area contributed by atoms with E-state index in [9.17, 15) is 9.50 Å². The van der Waals surface area contributed by atoms with Gasteiger partial charge in [-0.2, -0.15) is 0 Å². The van der Waals surface area contributed by atoms with Crippen molar-refractivity contribution < 1.29 is 9.50 Å². The number of aliphatic imine (C=N–C) groups is 1. The van der Waals surface area contributed by atoms with Crippen molar-refractivity contribution in [2.24, 2.45) is 4.99 Å². The van der Waals surface area contributed by atoms with Crippen LogP contribution in [0.4, 0.5) is 4.39 Å². The number of hydrogen-bond donors (Lipinski definition) is 3. The van der Waals surface area contributed by atoms with Gasteiger partial charge in [-0.3, -0.25) is 9.89 Å². The molecule has 0 spiro atoms. The van der Waals surface area contributed by atoms with Gasteiger partial charge in [0.15, 0.2) is 5.96 Å². The molecule has 0 aromatic heterocycles. The second kappa shape index (κ2) is 12.1. The number of nitrogens with one attached hydrogen (secondary N) is 2. The van der Waals surface area contributed by atoms with Crippen LogP contribution in [0.2, 0.25) is 0 Å². The van der Waals surface area contributed by atoms with Crippen LogP contribution in [0.25, 0.3) is 0 Å². The first kappa shape index (κ1) is 24.3. The summed E-state index contributed by atoms with van der Waals surface area (Å²) < 4.78 is 13.6. The standard InChI is InChI=1S/C22H35FN4O.HI/c1-24-21(25-15-18-8-9-20(23)19(14-18)16-28)26-17-22(10-4-2-5-11-22)27-12-6-3-7-13-27;/h8-9,14,28H,2-7,10-13,15-17H2,1H3,(H2,24,25,26);1H. The molecular formula is C22H36FIN4O. The van der Waals surface area contributed by atoms with Gasteiger partial charge in [-0.1, -0.05) is 31.7 Å². The summed E-state index contributed by atoms with van der Waals surface area (Å²) in [5.74, 6) is 0.409. The summed E-state index contributed by atoms with van der Waals surface area (Å²) in [5, 5.41) is 16.1. The van der Waals surface area contributed by atoms with Crippen molar-refractivity contribution in [3.05, 3.63) is 35.1 Å². The van der Waals surface area contributed by atoms with Crippen LogP contribution in [0.15, 0.2) is 23.2 Å². The molecule has 29 heavy (non-hydrogen) atoms. The number of hydrogen-bond acceptors (Lipinski definition) is 3. The highest BCUT2D eigenvalue weighted by Gasteiger charge is 2.38. The van der Waals surface area contributed by atoms with Crippen LogP contribution in [0.1, 0.15) is 62.5 Å². The van der Waals surface area contributed by atoms with Crippen molar-refractivity contribution in [3.8, 4) is 0 Å². The second-order valence-corrected chi connectivity index (χ2v) is 8.20. The highest BCUT2D eigenvalue weighted by Crippen LogP contribution is 2.35. The van der Waals surface area contributed by atoms with Crippen LogP contribution >= 0.6 is 24.0 Å². The van der Waals surface area contributed by atoms with Crippen LogP contribution in [-0.4, -0.2) is 48.2 Å². The average Bonchev–Trinajstić information content (AvgIpc) is 2.76. The van der Waals surface area contributed by atoms with Crippen molar-refractivity contribution in [3.63, 3.8) is 0 Å². The van der Waals surface area contributed by atoms with Crippen molar-refractivity contribution in [2.45, 2.75) is 70.1 Å². The topological polar surface area (TPSA) is 59.9 Å². The van der Waals surface area contributed by atoms with Gasteiger partial charge in [0.2, 0.25) is 0 Å². The fourth-order valence-electron chi connectivity index (χ4n) is 4.70. The zero-order valence-corrected chi connectivity index (χ0v) is 19.9. The number of piperidine rings is 1. The van der Waals surface area contributed by atoms with Gasteiger partial charge in [0.1, 0.15) is 5.82 Å². The van der Waals surface area contributed by atoms with Crippen molar-refractivity contribution in [1.82, 2.24) is 15.5 Å². The SMILES string of the molecule is CN=C(NCc1ccc(F)c(CO)c1)NCC1(N2CCCCC2)CCCCC1.I. The Bertz CT molecular complexity index is 658. The third-order valence-electron chi connectivity index (χ3n) is 6.36. The quantitative estimate of drug-likeness (QED) is 0.305. The summed E-state index contributed by atoms with van der Waals surface area (Å²) in [4.78, 5) is 7.10. The third kappa shape index (κ3) is 6.52. The van der Waals surface area contributed by atoms with Gasteiger partial charge in [0, 0.05) is 31.2 Å². The molecule has 1 aromatic rings. The van der Waals surface area contributed by atoms with E-state index in [1.807, 2.05) is 0 Å². The smallest absolute Gasteiger partial charge is 0.191 e. The van der Waals surface area contributed by atoms with Crippen LogP contribution in [0.3, 0.4) is 0 Å². The first-order chi connectivity index (χ1) is 13.7. The molecule has 1 saturated heterocycles. The van der Waals surface area contributed by atoms with E-state index in [1.165, 1.54) is 70.5 Å². The van der Waals surface area contributed by atoms with E-state index < -0.39 is 0 Å². The number of likely N-dealkylation sites (tertiary alicyclic amines) is 1. The normalized spacial score (nSPS) is 20.0. The summed E-state index contributed by atoms with van der Waals surface area (Å²) >= 11 is 0. The van der Waals surface area contributed by atoms with Crippen LogP contribution in [0.5, 0.6) is 0 Å². The maximum absolute atomic E-state index is 13.6. The first-order valence-corrected chi connectivity index (χ1v) is 10.7. The minimum absolute atomic E-state index is 0. The molecule has 0 radical (unpaired) electrons. The van der Waals surface area contributed by atoms with Gasteiger partial charge in [-0.15, -0.1) is 24.0 Å². The molecule has 3 rings (SSSR count). The molecule has 2 fully saturated rings. The number of halogens is 2. The summed E-state index contributed by atoms with van der Waals surface area (Å²) in [7, 11) is 1.79. The molecule has 0 atom stereocenters. The lowest BCUT2D eigenvalue weighted by atomic mass is 9.79. The summed E-state index contributed by atoms with van der Waals surface area (Å²) in [6, 6.07) is 4.85. The van der Waals surface area contributed by atoms with Crippen molar-refractivity contribution >= 4 is 29.9 Å². The molecule has 1 aromatic carbocycles. The van der Waals surface area contributed by atoms with Gasteiger partial charge in [-0.25, -0.2) is 4.39 Å². The number of nitrogens with zero attached hydrogens (tertiary/aromatic N) is 2. The zero-order chi connectivity index (χ0) is 19.8. The van der Waals surface area contributed by atoms with Gasteiger partial charge >= 0.3 is 0 Å². The lowest BCUT2D eigenvalue weighted by Crippen LogP contribution is -2.59. The monoisotopic (exact) mass is 518 g/mol. The van der Waals surface area contributed by atoms with Gasteiger partial charge in [-0.05, 0) is 56.5 Å². The summed E-state index contributed by atoms with van der Waals surface area (Å²) in [5.41, 5.74) is 1.50. The number of aliphatic hydroxyl groups excluding tert-OH is 1. The Morgan fingerprint density at radius 3 is 2.45 bits per heavy atom. The molecule has 1 aliphatic heterocycles. The van der Waals surface area contributed by atoms with E-state index in [4.69, 9.17) is 0 Å². The lowest BCUT2D eigenvalue weighted by molar-refractivity contribution is 0.0368. The molecule has 5 nitrogen and oxygen atoms in total. The van der Waals surface area contributed by atoms with Crippen LogP contribution < -0.4 is 10.6 Å². The zero-order valence-electron chi connectivity index (χ0n) is 17.6. The molecule has 164 valence electrons. The molecule has 2 aliphatic rings. The van der Waals surface area contributed by atoms with Crippen molar-refractivity contribution in [1.29, 1.82) is 0 Å². The summed E-state index contributed by atoms with van der Waals surface area (Å²) in [6.07, 6.45) is 10.5. The molecule has 0 amide bonds. The van der Waals surface area contributed by atoms with Crippen LogP contribution in [-0.2, 0) is 13.2 Å². The summed E-state index contributed by atoms with van der Waals surface area (Å²) in [6.45, 7) is 3.60. The highest BCUT2D eigenvalue weighted by molar-refractivity contribution is 14.0. The van der Waals surface area contributed by atoms with E-state index in [-0.39, 0.29) is 41.9 Å². The van der Waals surface area contributed by atoms with Crippen molar-refractivity contribution in [2.75, 3.05) is 26.7 Å². The Labute approximate surface area is 191 Å². The lowest BCUT2D eigenvalue weighted by Gasteiger charge is -2.48. The van der Waals surface area contributed by atoms with E-state index >= 15 is 0 Å². The maximum Gasteiger partial charge on any atom is 0.191 e. The molecule has 0 bridgehead atoms. The largest absolute Gasteiger partial charge is 0.392 e. The number of benzene rings is 1. The van der Waals surface area contributed by atoms with E-state index in [2.05, 4.69) is 20.5 Å². The fourth-order valence-corrected chi connectivity index (χ4v) is 4.70. The number of aliphatic hydroxyl groups is 1. The van der Waals surface area contributed by atoms with E-state index in [0.717, 1.165) is 18.1 Å². The van der Waals surface area contributed by atoms with Crippen LogP contribution in [0, 0.1) is 5.82 Å². The first-order valence-electron chi connectivity index (χ1n) is 10.7. The molecule has 7 heteroatoms. The van der Waals surface area contributed by atoms with Gasteiger partial charge < -0.3 is 15.7 Å². The van der Waals surface area contributed by atoms with E-state index in [1.54, 1.807) is 19.2 Å². The molecule has 0 unspecified atom stereocenters. The molecule has 1 saturated carbocycles. The number of rotatable bonds is 6.